The van der Waals surface area contributed by atoms with E-state index in [1.165, 1.54) is 11.1 Å². The van der Waals surface area contributed by atoms with E-state index >= 15 is 0 Å². The van der Waals surface area contributed by atoms with Gasteiger partial charge in [0.1, 0.15) is 5.82 Å². The third kappa shape index (κ3) is 1.65. The summed E-state index contributed by atoms with van der Waals surface area (Å²) in [5, 5.41) is 0. The Kier molecular flexibility index (Phi) is 2.10. The normalized spacial score (nSPS) is 12.3. The Morgan fingerprint density at radius 3 is 2.47 bits per heavy atom. The maximum atomic E-state index is 4.55. The lowest BCUT2D eigenvalue weighted by Gasteiger charge is -2.18. The number of hydrogen-bond donors (Lipinski definition) is 0. The first-order valence-corrected chi connectivity index (χ1v) is 5.33. The first-order chi connectivity index (χ1) is 6.89. The maximum absolute atomic E-state index is 4.55. The number of imidazole rings is 1. The average Bonchev–Trinajstić information content (AvgIpc) is 2.41. The zero-order chi connectivity index (χ0) is 11.2. The molecule has 1 aromatic carbocycles. The Bertz CT molecular complexity index is 501. The summed E-state index contributed by atoms with van der Waals surface area (Å²) in [6, 6.07) is 6.56. The molecule has 0 aliphatic carbocycles. The molecule has 0 saturated heterocycles. The van der Waals surface area contributed by atoms with Crippen molar-refractivity contribution in [3.8, 4) is 0 Å². The van der Waals surface area contributed by atoms with E-state index in [1.54, 1.807) is 0 Å². The van der Waals surface area contributed by atoms with Crippen LogP contribution in [0.1, 0.15) is 32.2 Å². The van der Waals surface area contributed by atoms with Crippen LogP contribution in [0.4, 0.5) is 0 Å². The van der Waals surface area contributed by atoms with Crippen LogP contribution in [0.3, 0.4) is 0 Å². The van der Waals surface area contributed by atoms with Gasteiger partial charge in [-0.1, -0.05) is 26.8 Å². The van der Waals surface area contributed by atoms with Gasteiger partial charge < -0.3 is 4.57 Å². The van der Waals surface area contributed by atoms with Crippen LogP contribution in [-0.4, -0.2) is 9.55 Å². The lowest BCUT2D eigenvalue weighted by molar-refractivity contribution is 0.591. The molecule has 0 aliphatic heterocycles. The second-order valence-corrected chi connectivity index (χ2v) is 5.17. The molecule has 0 bridgehead atoms. The second kappa shape index (κ2) is 3.09. The van der Waals surface area contributed by atoms with Crippen LogP contribution >= 0.6 is 0 Å². The minimum atomic E-state index is 0.194. The molecule has 2 aromatic rings. The number of aromatic nitrogens is 2. The number of nitrogens with zero attached hydrogens (tertiary/aromatic N) is 2. The van der Waals surface area contributed by atoms with Crippen molar-refractivity contribution in [1.82, 2.24) is 9.55 Å². The molecule has 0 radical (unpaired) electrons. The van der Waals surface area contributed by atoms with Gasteiger partial charge in [0.25, 0.3) is 0 Å². The Morgan fingerprint density at radius 2 is 1.87 bits per heavy atom. The summed E-state index contributed by atoms with van der Waals surface area (Å²) in [7, 11) is 2.06. The zero-order valence-corrected chi connectivity index (χ0v) is 10.1. The van der Waals surface area contributed by atoms with E-state index in [4.69, 9.17) is 0 Å². The molecule has 0 saturated carbocycles. The van der Waals surface area contributed by atoms with Crippen LogP contribution in [-0.2, 0) is 12.5 Å². The molecule has 15 heavy (non-hydrogen) atoms. The summed E-state index contributed by atoms with van der Waals surface area (Å²) in [4.78, 5) is 4.55. The molecular weight excluding hydrogens is 184 g/mol. The van der Waals surface area contributed by atoms with Gasteiger partial charge in [-0.3, -0.25) is 0 Å². The van der Waals surface area contributed by atoms with E-state index < -0.39 is 0 Å². The molecule has 0 spiro atoms. The van der Waals surface area contributed by atoms with Gasteiger partial charge in [-0.05, 0) is 30.0 Å². The van der Waals surface area contributed by atoms with E-state index in [1.807, 2.05) is 6.92 Å². The summed E-state index contributed by atoms with van der Waals surface area (Å²) in [6.45, 7) is 8.72. The SMILES string of the molecule is Cc1nc2cc(C(C)(C)C)ccc2n1C. The number of hydrogen-bond acceptors (Lipinski definition) is 1. The molecule has 2 heteroatoms. The topological polar surface area (TPSA) is 17.8 Å². The van der Waals surface area contributed by atoms with Crippen molar-refractivity contribution >= 4 is 11.0 Å². The molecule has 0 atom stereocenters. The van der Waals surface area contributed by atoms with Gasteiger partial charge in [0.2, 0.25) is 0 Å². The fourth-order valence-corrected chi connectivity index (χ4v) is 1.79. The molecule has 0 unspecified atom stereocenters. The third-order valence-corrected chi connectivity index (χ3v) is 2.97. The molecule has 1 aromatic heterocycles. The van der Waals surface area contributed by atoms with E-state index in [2.05, 4.69) is 55.6 Å². The Balaban J connectivity index is 2.67. The van der Waals surface area contributed by atoms with Crippen molar-refractivity contribution in [3.63, 3.8) is 0 Å². The van der Waals surface area contributed by atoms with Crippen LogP contribution in [0.25, 0.3) is 11.0 Å². The van der Waals surface area contributed by atoms with Crippen molar-refractivity contribution in [2.75, 3.05) is 0 Å². The molecule has 80 valence electrons. The highest BCUT2D eigenvalue weighted by Crippen LogP contribution is 2.25. The number of rotatable bonds is 0. The maximum Gasteiger partial charge on any atom is 0.106 e. The smallest absolute Gasteiger partial charge is 0.106 e. The zero-order valence-electron chi connectivity index (χ0n) is 10.1. The predicted molar refractivity (Wildman–Crippen MR) is 64.2 cm³/mol. The minimum Gasteiger partial charge on any atom is -0.331 e. The summed E-state index contributed by atoms with van der Waals surface area (Å²) >= 11 is 0. The van der Waals surface area contributed by atoms with Crippen molar-refractivity contribution in [1.29, 1.82) is 0 Å². The first-order valence-electron chi connectivity index (χ1n) is 5.33. The number of fused-ring (bicyclic) bond motifs is 1. The minimum absolute atomic E-state index is 0.194. The predicted octanol–water partition coefficient (Wildman–Crippen LogP) is 3.18. The highest BCUT2D eigenvalue weighted by molar-refractivity contribution is 5.77. The summed E-state index contributed by atoms with van der Waals surface area (Å²) in [6.07, 6.45) is 0. The molecule has 0 fully saturated rings. The van der Waals surface area contributed by atoms with Crippen molar-refractivity contribution in [3.05, 3.63) is 29.6 Å². The summed E-state index contributed by atoms with van der Waals surface area (Å²) < 4.78 is 2.13. The van der Waals surface area contributed by atoms with Crippen LogP contribution in [0, 0.1) is 6.92 Å². The van der Waals surface area contributed by atoms with Crippen LogP contribution in [0.5, 0.6) is 0 Å². The number of aryl methyl sites for hydroxylation is 2. The van der Waals surface area contributed by atoms with Crippen molar-refractivity contribution < 1.29 is 0 Å². The quantitative estimate of drug-likeness (QED) is 0.641. The van der Waals surface area contributed by atoms with Crippen LogP contribution in [0.15, 0.2) is 18.2 Å². The van der Waals surface area contributed by atoms with Crippen molar-refractivity contribution in [2.24, 2.45) is 7.05 Å². The Hall–Kier alpha value is -1.31. The van der Waals surface area contributed by atoms with Crippen molar-refractivity contribution in [2.45, 2.75) is 33.1 Å². The van der Waals surface area contributed by atoms with Gasteiger partial charge in [0.05, 0.1) is 11.0 Å². The molecule has 0 aliphatic rings. The second-order valence-electron chi connectivity index (χ2n) is 5.17. The van der Waals surface area contributed by atoms with Crippen LogP contribution < -0.4 is 0 Å². The molecule has 2 nitrogen and oxygen atoms in total. The van der Waals surface area contributed by atoms with Gasteiger partial charge >= 0.3 is 0 Å². The standard InChI is InChI=1S/C13H18N2/c1-9-14-11-8-10(13(2,3)4)6-7-12(11)15(9)5/h6-8H,1-5H3. The summed E-state index contributed by atoms with van der Waals surface area (Å²) in [5.41, 5.74) is 3.84. The lowest BCUT2D eigenvalue weighted by Crippen LogP contribution is -2.10. The fraction of sp³-hybridized carbons (Fsp3) is 0.462. The summed E-state index contributed by atoms with van der Waals surface area (Å²) in [5.74, 6) is 1.07. The van der Waals surface area contributed by atoms with E-state index in [0.717, 1.165) is 11.3 Å². The largest absolute Gasteiger partial charge is 0.331 e. The Morgan fingerprint density at radius 1 is 1.20 bits per heavy atom. The van der Waals surface area contributed by atoms with Gasteiger partial charge in [0, 0.05) is 7.05 Å². The average molecular weight is 202 g/mol. The fourth-order valence-electron chi connectivity index (χ4n) is 1.79. The van der Waals surface area contributed by atoms with Gasteiger partial charge in [-0.25, -0.2) is 4.98 Å². The third-order valence-electron chi connectivity index (χ3n) is 2.97. The van der Waals surface area contributed by atoms with E-state index in [-0.39, 0.29) is 5.41 Å². The van der Waals surface area contributed by atoms with Gasteiger partial charge in [-0.2, -0.15) is 0 Å². The Labute approximate surface area is 90.9 Å². The lowest BCUT2D eigenvalue weighted by atomic mass is 9.87. The van der Waals surface area contributed by atoms with Crippen LogP contribution in [0.2, 0.25) is 0 Å². The number of benzene rings is 1. The molecule has 0 amide bonds. The molecule has 0 N–H and O–H groups in total. The molecule has 1 heterocycles. The van der Waals surface area contributed by atoms with Gasteiger partial charge in [0.15, 0.2) is 0 Å². The van der Waals surface area contributed by atoms with E-state index in [9.17, 15) is 0 Å². The monoisotopic (exact) mass is 202 g/mol. The van der Waals surface area contributed by atoms with Gasteiger partial charge in [-0.15, -0.1) is 0 Å². The first kappa shape index (κ1) is 10.2. The molecular formula is C13H18N2. The van der Waals surface area contributed by atoms with E-state index in [0.29, 0.717) is 0 Å². The highest BCUT2D eigenvalue weighted by Gasteiger charge is 2.15. The molecule has 2 rings (SSSR count). The highest BCUT2D eigenvalue weighted by atomic mass is 15.0.